The summed E-state index contributed by atoms with van der Waals surface area (Å²) in [5, 5.41) is 0. The summed E-state index contributed by atoms with van der Waals surface area (Å²) in [4.78, 5) is 2.13. The van der Waals surface area contributed by atoms with Crippen LogP contribution in [0.3, 0.4) is 0 Å². The van der Waals surface area contributed by atoms with Crippen molar-refractivity contribution in [3.8, 4) is 0 Å². The van der Waals surface area contributed by atoms with E-state index in [-0.39, 0.29) is 5.82 Å². The number of hydrogen-bond acceptors (Lipinski definition) is 2. The van der Waals surface area contributed by atoms with Crippen LogP contribution in [0, 0.1) is 5.82 Å². The van der Waals surface area contributed by atoms with Crippen LogP contribution >= 0.6 is 0 Å². The molecule has 0 spiro atoms. The fourth-order valence-electron chi connectivity index (χ4n) is 1.92. The molecule has 1 heterocycles. The van der Waals surface area contributed by atoms with Gasteiger partial charge >= 0.3 is 0 Å². The van der Waals surface area contributed by atoms with Crippen LogP contribution < -0.4 is 10.6 Å². The molecule has 0 fully saturated rings. The first-order valence-corrected chi connectivity index (χ1v) is 5.11. The Balaban J connectivity index is 2.20. The van der Waals surface area contributed by atoms with E-state index >= 15 is 0 Å². The van der Waals surface area contributed by atoms with Gasteiger partial charge in [-0.25, -0.2) is 4.39 Å². The van der Waals surface area contributed by atoms with E-state index in [4.69, 9.17) is 5.73 Å². The van der Waals surface area contributed by atoms with Gasteiger partial charge in [-0.15, -0.1) is 0 Å². The van der Waals surface area contributed by atoms with Gasteiger partial charge in [-0.1, -0.05) is 12.6 Å². The fraction of sp³-hybridized carbons (Fsp3) is 0.333. The van der Waals surface area contributed by atoms with Crippen molar-refractivity contribution in [3.05, 3.63) is 41.7 Å². The van der Waals surface area contributed by atoms with E-state index in [9.17, 15) is 4.39 Å². The van der Waals surface area contributed by atoms with Crippen molar-refractivity contribution in [3.63, 3.8) is 0 Å². The summed E-state index contributed by atoms with van der Waals surface area (Å²) in [5.74, 6) is -0.181. The first kappa shape index (κ1) is 10.2. The maximum atomic E-state index is 13.1. The Hall–Kier alpha value is -1.35. The first-order valence-electron chi connectivity index (χ1n) is 5.11. The van der Waals surface area contributed by atoms with E-state index in [1.807, 2.05) is 6.07 Å². The van der Waals surface area contributed by atoms with Crippen LogP contribution in [0.4, 0.5) is 10.1 Å². The van der Waals surface area contributed by atoms with Gasteiger partial charge < -0.3 is 10.6 Å². The fourth-order valence-corrected chi connectivity index (χ4v) is 1.92. The molecule has 15 heavy (non-hydrogen) atoms. The molecule has 0 atom stereocenters. The Morgan fingerprint density at radius 1 is 1.53 bits per heavy atom. The minimum atomic E-state index is -0.181. The van der Waals surface area contributed by atoms with Crippen molar-refractivity contribution in [2.24, 2.45) is 5.73 Å². The first-order chi connectivity index (χ1) is 7.20. The molecule has 2 rings (SSSR count). The van der Waals surface area contributed by atoms with Crippen molar-refractivity contribution >= 4 is 5.69 Å². The Kier molecular flexibility index (Phi) is 2.73. The van der Waals surface area contributed by atoms with Gasteiger partial charge in [0.15, 0.2) is 0 Å². The number of rotatable bonds is 3. The normalized spacial score (nSPS) is 14.1. The Morgan fingerprint density at radius 3 is 3.07 bits per heavy atom. The largest absolute Gasteiger partial charge is 0.367 e. The van der Waals surface area contributed by atoms with E-state index < -0.39 is 0 Å². The SMILES string of the molecule is C=C(CN)CN1CCc2ccc(F)cc21. The number of nitrogens with zero attached hydrogens (tertiary/aromatic N) is 1. The molecule has 0 saturated heterocycles. The summed E-state index contributed by atoms with van der Waals surface area (Å²) < 4.78 is 13.1. The minimum absolute atomic E-state index is 0.181. The van der Waals surface area contributed by atoms with Crippen molar-refractivity contribution in [1.29, 1.82) is 0 Å². The number of fused-ring (bicyclic) bond motifs is 1. The van der Waals surface area contributed by atoms with Crippen LogP contribution in [0.2, 0.25) is 0 Å². The second-order valence-corrected chi connectivity index (χ2v) is 3.90. The third-order valence-electron chi connectivity index (χ3n) is 2.74. The third kappa shape index (κ3) is 2.02. The topological polar surface area (TPSA) is 29.3 Å². The maximum absolute atomic E-state index is 13.1. The zero-order valence-corrected chi connectivity index (χ0v) is 8.67. The number of halogens is 1. The van der Waals surface area contributed by atoms with Gasteiger partial charge in [0.25, 0.3) is 0 Å². The maximum Gasteiger partial charge on any atom is 0.125 e. The molecular weight excluding hydrogens is 191 g/mol. The average molecular weight is 206 g/mol. The van der Waals surface area contributed by atoms with E-state index in [1.54, 1.807) is 6.07 Å². The Morgan fingerprint density at radius 2 is 2.33 bits per heavy atom. The number of anilines is 1. The molecule has 2 N–H and O–H groups in total. The lowest BCUT2D eigenvalue weighted by Crippen LogP contribution is -2.25. The second-order valence-electron chi connectivity index (χ2n) is 3.90. The van der Waals surface area contributed by atoms with Crippen LogP contribution in [0.15, 0.2) is 30.4 Å². The predicted octanol–water partition coefficient (Wildman–Crippen LogP) is 1.70. The second kappa shape index (κ2) is 4.03. The minimum Gasteiger partial charge on any atom is -0.367 e. The van der Waals surface area contributed by atoms with E-state index in [1.165, 1.54) is 11.6 Å². The number of benzene rings is 1. The van der Waals surface area contributed by atoms with Crippen molar-refractivity contribution in [1.82, 2.24) is 0 Å². The highest BCUT2D eigenvalue weighted by Crippen LogP contribution is 2.28. The highest BCUT2D eigenvalue weighted by atomic mass is 19.1. The monoisotopic (exact) mass is 206 g/mol. The van der Waals surface area contributed by atoms with Gasteiger partial charge in [-0.2, -0.15) is 0 Å². The molecular formula is C12H15FN2. The quantitative estimate of drug-likeness (QED) is 0.763. The van der Waals surface area contributed by atoms with Gasteiger partial charge in [-0.05, 0) is 29.7 Å². The molecule has 1 aromatic rings. The summed E-state index contributed by atoms with van der Waals surface area (Å²) in [5.41, 5.74) is 8.68. The summed E-state index contributed by atoms with van der Waals surface area (Å²) >= 11 is 0. The summed E-state index contributed by atoms with van der Waals surface area (Å²) in [7, 11) is 0. The Bertz CT molecular complexity index is 387. The molecule has 0 saturated carbocycles. The predicted molar refractivity (Wildman–Crippen MR) is 60.5 cm³/mol. The lowest BCUT2D eigenvalue weighted by molar-refractivity contribution is 0.627. The van der Waals surface area contributed by atoms with Crippen molar-refractivity contribution in [2.45, 2.75) is 6.42 Å². The van der Waals surface area contributed by atoms with Crippen LogP contribution in [-0.2, 0) is 6.42 Å². The smallest absolute Gasteiger partial charge is 0.125 e. The Labute approximate surface area is 89.2 Å². The number of nitrogens with two attached hydrogens (primary N) is 1. The molecule has 0 bridgehead atoms. The molecule has 3 heteroatoms. The summed E-state index contributed by atoms with van der Waals surface area (Å²) in [6.45, 7) is 6.02. The molecule has 2 nitrogen and oxygen atoms in total. The van der Waals surface area contributed by atoms with Gasteiger partial charge in [0.1, 0.15) is 5.82 Å². The molecule has 1 aliphatic rings. The van der Waals surface area contributed by atoms with Gasteiger partial charge in [0.2, 0.25) is 0 Å². The van der Waals surface area contributed by atoms with Crippen LogP contribution in [0.25, 0.3) is 0 Å². The van der Waals surface area contributed by atoms with Crippen LogP contribution in [-0.4, -0.2) is 19.6 Å². The lowest BCUT2D eigenvalue weighted by atomic mass is 10.1. The van der Waals surface area contributed by atoms with Crippen molar-refractivity contribution < 1.29 is 4.39 Å². The van der Waals surface area contributed by atoms with E-state index in [0.717, 1.165) is 30.8 Å². The van der Waals surface area contributed by atoms with Crippen LogP contribution in [0.5, 0.6) is 0 Å². The zero-order chi connectivity index (χ0) is 10.8. The molecule has 1 aliphatic heterocycles. The molecule has 0 amide bonds. The lowest BCUT2D eigenvalue weighted by Gasteiger charge is -2.20. The highest BCUT2D eigenvalue weighted by Gasteiger charge is 2.19. The molecule has 0 unspecified atom stereocenters. The highest BCUT2D eigenvalue weighted by molar-refractivity contribution is 5.58. The zero-order valence-electron chi connectivity index (χ0n) is 8.67. The molecule has 0 aliphatic carbocycles. The third-order valence-corrected chi connectivity index (χ3v) is 2.74. The number of hydrogen-bond donors (Lipinski definition) is 1. The molecule has 0 aromatic heterocycles. The average Bonchev–Trinajstić information content (AvgIpc) is 2.61. The van der Waals surface area contributed by atoms with Gasteiger partial charge in [-0.3, -0.25) is 0 Å². The van der Waals surface area contributed by atoms with E-state index in [2.05, 4.69) is 11.5 Å². The van der Waals surface area contributed by atoms with Gasteiger partial charge in [0, 0.05) is 25.3 Å². The summed E-state index contributed by atoms with van der Waals surface area (Å²) in [6, 6.07) is 4.96. The standard InChI is InChI=1S/C12H15FN2/c1-9(7-14)8-15-5-4-10-2-3-11(13)6-12(10)15/h2-3,6H,1,4-5,7-8,14H2. The van der Waals surface area contributed by atoms with Gasteiger partial charge in [0.05, 0.1) is 0 Å². The van der Waals surface area contributed by atoms with Crippen LogP contribution in [0.1, 0.15) is 5.56 Å². The molecule has 1 aromatic carbocycles. The summed E-state index contributed by atoms with van der Waals surface area (Å²) in [6.07, 6.45) is 0.980. The molecule has 0 radical (unpaired) electrons. The molecule has 80 valence electrons. The van der Waals surface area contributed by atoms with Crippen molar-refractivity contribution in [2.75, 3.05) is 24.5 Å². The van der Waals surface area contributed by atoms with E-state index in [0.29, 0.717) is 6.54 Å².